The summed E-state index contributed by atoms with van der Waals surface area (Å²) in [5, 5.41) is 1.80. The monoisotopic (exact) mass is 335 g/mol. The average Bonchev–Trinajstić information content (AvgIpc) is 2.53. The number of amides is 1. The smallest absolute Gasteiger partial charge is 0.407 e. The molecule has 23 heavy (non-hydrogen) atoms. The van der Waals surface area contributed by atoms with Crippen molar-refractivity contribution in [2.45, 2.75) is 19.6 Å². The summed E-state index contributed by atoms with van der Waals surface area (Å²) in [6.07, 6.45) is -0.654. The second kappa shape index (κ2) is 7.74. The van der Waals surface area contributed by atoms with Crippen LogP contribution in [0.15, 0.2) is 48.5 Å². The highest BCUT2D eigenvalue weighted by atomic mass is 35.5. The van der Waals surface area contributed by atoms with Crippen LogP contribution in [0.1, 0.15) is 34.5 Å². The van der Waals surface area contributed by atoms with E-state index in [9.17, 15) is 14.0 Å². The van der Waals surface area contributed by atoms with E-state index in [-0.39, 0.29) is 17.7 Å². The molecule has 2 rings (SSSR count). The van der Waals surface area contributed by atoms with Gasteiger partial charge < -0.3 is 10.1 Å². The van der Waals surface area contributed by atoms with Crippen molar-refractivity contribution in [1.29, 1.82) is 0 Å². The number of carbonyl (C=O) groups is 2. The Balaban J connectivity index is 1.94. The van der Waals surface area contributed by atoms with Crippen LogP contribution in [0, 0.1) is 5.82 Å². The number of halogens is 2. The first-order chi connectivity index (χ1) is 11.0. The topological polar surface area (TPSA) is 55.4 Å². The average molecular weight is 336 g/mol. The van der Waals surface area contributed by atoms with Crippen molar-refractivity contribution in [1.82, 2.24) is 5.32 Å². The molecule has 0 aromatic heterocycles. The maximum atomic E-state index is 14.0. The molecule has 0 heterocycles. The number of carbonyl (C=O) groups excluding carboxylic acids is 2. The summed E-state index contributed by atoms with van der Waals surface area (Å²) in [6.45, 7) is 1.74. The molecule has 1 amide bonds. The molecule has 0 aliphatic carbocycles. The van der Waals surface area contributed by atoms with E-state index in [1.165, 1.54) is 12.1 Å². The van der Waals surface area contributed by atoms with E-state index in [0.29, 0.717) is 0 Å². The SMILES string of the molecule is C[C@@H](NC(=O)OCc1ccccc1)c1ccc(C(=O)Cl)cc1F. The number of rotatable bonds is 5. The van der Waals surface area contributed by atoms with E-state index in [1.54, 1.807) is 6.92 Å². The Bertz CT molecular complexity index is 706. The molecule has 0 radical (unpaired) electrons. The summed E-state index contributed by atoms with van der Waals surface area (Å²) in [4.78, 5) is 22.7. The summed E-state index contributed by atoms with van der Waals surface area (Å²) in [5.41, 5.74) is 1.15. The van der Waals surface area contributed by atoms with E-state index in [2.05, 4.69) is 5.32 Å². The van der Waals surface area contributed by atoms with E-state index in [1.807, 2.05) is 30.3 Å². The molecule has 0 saturated carbocycles. The molecule has 1 atom stereocenters. The van der Waals surface area contributed by atoms with Crippen molar-refractivity contribution in [3.8, 4) is 0 Å². The van der Waals surface area contributed by atoms with Crippen LogP contribution in [0.25, 0.3) is 0 Å². The molecule has 0 aliphatic rings. The molecule has 6 heteroatoms. The molecule has 2 aromatic rings. The molecule has 4 nitrogen and oxygen atoms in total. The zero-order chi connectivity index (χ0) is 16.8. The predicted octanol–water partition coefficient (Wildman–Crippen LogP) is 4.19. The van der Waals surface area contributed by atoms with Gasteiger partial charge >= 0.3 is 6.09 Å². The lowest BCUT2D eigenvalue weighted by molar-refractivity contribution is 0.108. The summed E-state index contributed by atoms with van der Waals surface area (Å²) < 4.78 is 19.0. The molecular weight excluding hydrogens is 321 g/mol. The summed E-state index contributed by atoms with van der Waals surface area (Å²) in [7, 11) is 0. The Labute approximate surface area is 138 Å². The van der Waals surface area contributed by atoms with Gasteiger partial charge in [-0.3, -0.25) is 4.79 Å². The zero-order valence-corrected chi connectivity index (χ0v) is 13.1. The van der Waals surface area contributed by atoms with Crippen LogP contribution in [0.2, 0.25) is 0 Å². The summed E-state index contributed by atoms with van der Waals surface area (Å²) in [5.74, 6) is -0.618. The predicted molar refractivity (Wildman–Crippen MR) is 84.8 cm³/mol. The second-order valence-electron chi connectivity index (χ2n) is 4.94. The van der Waals surface area contributed by atoms with Gasteiger partial charge in [-0.25, -0.2) is 9.18 Å². The van der Waals surface area contributed by atoms with Crippen LogP contribution >= 0.6 is 11.6 Å². The van der Waals surface area contributed by atoms with Crippen molar-refractivity contribution in [3.05, 3.63) is 71.0 Å². The lowest BCUT2D eigenvalue weighted by Gasteiger charge is -2.15. The van der Waals surface area contributed by atoms with Gasteiger partial charge in [0.25, 0.3) is 5.24 Å². The Morgan fingerprint density at radius 2 is 1.91 bits per heavy atom. The molecule has 2 aromatic carbocycles. The van der Waals surface area contributed by atoms with E-state index in [4.69, 9.17) is 16.3 Å². The van der Waals surface area contributed by atoms with Gasteiger partial charge in [0.15, 0.2) is 0 Å². The normalized spacial score (nSPS) is 11.6. The van der Waals surface area contributed by atoms with Gasteiger partial charge in [0.2, 0.25) is 0 Å². The van der Waals surface area contributed by atoms with Gasteiger partial charge in [-0.05, 0) is 36.2 Å². The third-order valence-electron chi connectivity index (χ3n) is 3.24. The number of benzene rings is 2. The van der Waals surface area contributed by atoms with Crippen LogP contribution in [0.3, 0.4) is 0 Å². The summed E-state index contributed by atoms with van der Waals surface area (Å²) >= 11 is 5.30. The van der Waals surface area contributed by atoms with Crippen LogP contribution in [-0.4, -0.2) is 11.3 Å². The molecule has 120 valence electrons. The minimum Gasteiger partial charge on any atom is -0.445 e. The second-order valence-corrected chi connectivity index (χ2v) is 5.28. The fourth-order valence-electron chi connectivity index (χ4n) is 2.02. The molecule has 1 N–H and O–H groups in total. The fourth-order valence-corrected chi connectivity index (χ4v) is 2.14. The first-order valence-electron chi connectivity index (χ1n) is 6.94. The van der Waals surface area contributed by atoms with Crippen LogP contribution in [-0.2, 0) is 11.3 Å². The minimum atomic E-state index is -0.738. The van der Waals surface area contributed by atoms with E-state index >= 15 is 0 Å². The molecule has 0 bridgehead atoms. The quantitative estimate of drug-likeness (QED) is 0.833. The number of ether oxygens (including phenoxy) is 1. The highest BCUT2D eigenvalue weighted by Gasteiger charge is 2.16. The first kappa shape index (κ1) is 17.0. The van der Waals surface area contributed by atoms with Crippen molar-refractivity contribution >= 4 is 22.9 Å². The standard InChI is InChI=1S/C17H15ClFNO3/c1-11(14-8-7-13(16(18)21)9-15(14)19)20-17(22)23-10-12-5-3-2-4-6-12/h2-9,11H,10H2,1H3,(H,20,22)/t11-/m1/s1. The van der Waals surface area contributed by atoms with Gasteiger partial charge in [0, 0.05) is 11.1 Å². The molecular formula is C17H15ClFNO3. The summed E-state index contributed by atoms with van der Waals surface area (Å²) in [6, 6.07) is 12.5. The third kappa shape index (κ3) is 4.79. The Kier molecular flexibility index (Phi) is 5.71. The maximum absolute atomic E-state index is 14.0. The number of nitrogens with one attached hydrogen (secondary N) is 1. The lowest BCUT2D eigenvalue weighted by atomic mass is 10.1. The van der Waals surface area contributed by atoms with Crippen molar-refractivity contribution in [2.75, 3.05) is 0 Å². The van der Waals surface area contributed by atoms with Crippen LogP contribution in [0.5, 0.6) is 0 Å². The maximum Gasteiger partial charge on any atom is 0.407 e. The Morgan fingerprint density at radius 1 is 1.22 bits per heavy atom. The van der Waals surface area contributed by atoms with Crippen LogP contribution in [0.4, 0.5) is 9.18 Å². The molecule has 0 spiro atoms. The van der Waals surface area contributed by atoms with Gasteiger partial charge in [-0.15, -0.1) is 0 Å². The largest absolute Gasteiger partial charge is 0.445 e. The lowest BCUT2D eigenvalue weighted by Crippen LogP contribution is -2.27. The first-order valence-corrected chi connectivity index (χ1v) is 7.31. The number of hydrogen-bond acceptors (Lipinski definition) is 3. The van der Waals surface area contributed by atoms with E-state index < -0.39 is 23.2 Å². The van der Waals surface area contributed by atoms with E-state index in [0.717, 1.165) is 11.6 Å². The van der Waals surface area contributed by atoms with Crippen molar-refractivity contribution < 1.29 is 18.7 Å². The highest BCUT2D eigenvalue weighted by Crippen LogP contribution is 2.19. The number of hydrogen-bond donors (Lipinski definition) is 1. The Hall–Kier alpha value is -2.40. The van der Waals surface area contributed by atoms with Crippen molar-refractivity contribution in [2.24, 2.45) is 0 Å². The van der Waals surface area contributed by atoms with Gasteiger partial charge in [-0.1, -0.05) is 36.4 Å². The van der Waals surface area contributed by atoms with Crippen molar-refractivity contribution in [3.63, 3.8) is 0 Å². The molecule has 0 saturated heterocycles. The fraction of sp³-hybridized carbons (Fsp3) is 0.176. The van der Waals surface area contributed by atoms with Gasteiger partial charge in [0.1, 0.15) is 12.4 Å². The molecule has 0 unspecified atom stereocenters. The Morgan fingerprint density at radius 3 is 2.52 bits per heavy atom. The van der Waals surface area contributed by atoms with Gasteiger partial charge in [-0.2, -0.15) is 0 Å². The molecule has 0 aliphatic heterocycles. The molecule has 0 fully saturated rings. The number of alkyl carbamates (subject to hydrolysis) is 1. The zero-order valence-electron chi connectivity index (χ0n) is 12.4. The van der Waals surface area contributed by atoms with Gasteiger partial charge in [0.05, 0.1) is 6.04 Å². The minimum absolute atomic E-state index is 0.0618. The highest BCUT2D eigenvalue weighted by molar-refractivity contribution is 6.67. The van der Waals surface area contributed by atoms with Crippen LogP contribution < -0.4 is 5.32 Å². The third-order valence-corrected chi connectivity index (χ3v) is 3.46.